The summed E-state index contributed by atoms with van der Waals surface area (Å²) in [7, 11) is 0. The van der Waals surface area contributed by atoms with Crippen LogP contribution in [0.4, 0.5) is 0 Å². The second-order valence-electron chi connectivity index (χ2n) is 5.88. The van der Waals surface area contributed by atoms with Crippen LogP contribution in [0.15, 0.2) is 25.0 Å². The normalized spacial score (nSPS) is 15.9. The highest BCUT2D eigenvalue weighted by Gasteiger charge is 2.49. The number of carbonyl (C=O) groups excluding carboxylic acids is 1. The van der Waals surface area contributed by atoms with Crippen molar-refractivity contribution in [2.75, 3.05) is 6.54 Å². The summed E-state index contributed by atoms with van der Waals surface area (Å²) >= 11 is 0. The summed E-state index contributed by atoms with van der Waals surface area (Å²) in [6.07, 6.45) is 9.17. The Morgan fingerprint density at radius 2 is 2.19 bits per heavy atom. The van der Waals surface area contributed by atoms with E-state index in [4.69, 9.17) is 0 Å². The molecule has 2 aromatic heterocycles. The maximum Gasteiger partial charge on any atom is 0.228 e. The second kappa shape index (κ2) is 5.35. The monoisotopic (exact) mass is 287 g/mol. The topological polar surface area (TPSA) is 64.7 Å². The number of carbonyl (C=O) groups is 1. The number of nitrogens with one attached hydrogen (secondary N) is 1. The fourth-order valence-electron chi connectivity index (χ4n) is 2.58. The lowest BCUT2D eigenvalue weighted by atomic mass is 10.1. The average Bonchev–Trinajstić information content (AvgIpc) is 2.94. The summed E-state index contributed by atoms with van der Waals surface area (Å²) in [6.45, 7) is 6.17. The molecule has 0 spiro atoms. The van der Waals surface area contributed by atoms with Crippen molar-refractivity contribution in [2.45, 2.75) is 39.8 Å². The molecule has 21 heavy (non-hydrogen) atoms. The Kier molecular flexibility index (Phi) is 3.53. The molecule has 1 fully saturated rings. The predicted molar refractivity (Wildman–Crippen MR) is 78.6 cm³/mol. The van der Waals surface area contributed by atoms with Gasteiger partial charge in [-0.3, -0.25) is 4.79 Å². The van der Waals surface area contributed by atoms with Crippen molar-refractivity contribution >= 4 is 5.91 Å². The highest BCUT2D eigenvalue weighted by Crippen LogP contribution is 2.47. The predicted octanol–water partition coefficient (Wildman–Crippen LogP) is 1.29. The Balaban J connectivity index is 1.51. The van der Waals surface area contributed by atoms with Gasteiger partial charge in [-0.15, -0.1) is 0 Å². The summed E-state index contributed by atoms with van der Waals surface area (Å²) in [6, 6.07) is 0. The van der Waals surface area contributed by atoms with Gasteiger partial charge in [0.25, 0.3) is 0 Å². The molecule has 1 N–H and O–H groups in total. The maximum absolute atomic E-state index is 12.4. The Morgan fingerprint density at radius 3 is 2.76 bits per heavy atom. The molecule has 0 atom stereocenters. The summed E-state index contributed by atoms with van der Waals surface area (Å²) in [4.78, 5) is 20.7. The number of aryl methyl sites for hydroxylation is 1. The van der Waals surface area contributed by atoms with Gasteiger partial charge in [-0.1, -0.05) is 0 Å². The van der Waals surface area contributed by atoms with Crippen molar-refractivity contribution in [3.63, 3.8) is 0 Å². The minimum absolute atomic E-state index is 0.158. The van der Waals surface area contributed by atoms with E-state index in [2.05, 4.69) is 19.9 Å². The number of hydrogen-bond acceptors (Lipinski definition) is 3. The molecule has 0 bridgehead atoms. The lowest BCUT2D eigenvalue weighted by molar-refractivity contribution is -0.126. The molecule has 6 nitrogen and oxygen atoms in total. The van der Waals surface area contributed by atoms with Crippen LogP contribution >= 0.6 is 0 Å². The SMILES string of the molecule is Cc1ncn(CCNC(=O)C2(Cn3ccnc3)CC2)c1C. The summed E-state index contributed by atoms with van der Waals surface area (Å²) in [5.41, 5.74) is 1.98. The molecule has 3 rings (SSSR count). The number of aromatic nitrogens is 4. The van der Waals surface area contributed by atoms with E-state index in [0.29, 0.717) is 6.54 Å². The standard InChI is InChI=1S/C15H21N5O/c1-12-13(2)20(11-18-12)8-6-17-14(21)15(3-4-15)9-19-7-5-16-10-19/h5,7,10-11H,3-4,6,8-9H2,1-2H3,(H,17,21). The van der Waals surface area contributed by atoms with E-state index in [1.807, 2.05) is 30.9 Å². The molecule has 0 aromatic carbocycles. The molecule has 6 heteroatoms. The molecule has 2 heterocycles. The van der Waals surface area contributed by atoms with Crippen LogP contribution in [0.1, 0.15) is 24.2 Å². The van der Waals surface area contributed by atoms with Crippen LogP contribution in [0.5, 0.6) is 0 Å². The van der Waals surface area contributed by atoms with Crippen LogP contribution in [0, 0.1) is 19.3 Å². The zero-order chi connectivity index (χ0) is 14.9. The molecule has 2 aromatic rings. The van der Waals surface area contributed by atoms with Crippen LogP contribution < -0.4 is 5.32 Å². The Morgan fingerprint density at radius 1 is 1.38 bits per heavy atom. The highest BCUT2D eigenvalue weighted by molar-refractivity contribution is 5.85. The van der Waals surface area contributed by atoms with Crippen LogP contribution in [-0.4, -0.2) is 31.6 Å². The molecule has 0 radical (unpaired) electrons. The van der Waals surface area contributed by atoms with E-state index in [9.17, 15) is 4.79 Å². The van der Waals surface area contributed by atoms with Crippen molar-refractivity contribution < 1.29 is 4.79 Å². The lowest BCUT2D eigenvalue weighted by Crippen LogP contribution is -2.36. The summed E-state index contributed by atoms with van der Waals surface area (Å²) in [5, 5.41) is 3.06. The Bertz CT molecular complexity index is 625. The Hall–Kier alpha value is -2.11. The van der Waals surface area contributed by atoms with Gasteiger partial charge in [0.2, 0.25) is 5.91 Å². The molecular formula is C15H21N5O. The first-order chi connectivity index (χ1) is 10.1. The molecule has 1 aliphatic rings. The minimum atomic E-state index is -0.222. The minimum Gasteiger partial charge on any atom is -0.354 e. The number of rotatable bonds is 6. The van der Waals surface area contributed by atoms with Gasteiger partial charge in [-0.2, -0.15) is 0 Å². The third-order valence-electron chi connectivity index (χ3n) is 4.36. The maximum atomic E-state index is 12.4. The number of amides is 1. The van der Waals surface area contributed by atoms with Crippen molar-refractivity contribution in [2.24, 2.45) is 5.41 Å². The zero-order valence-electron chi connectivity index (χ0n) is 12.5. The fourth-order valence-corrected chi connectivity index (χ4v) is 2.58. The van der Waals surface area contributed by atoms with E-state index < -0.39 is 0 Å². The molecule has 0 unspecified atom stereocenters. The molecule has 0 saturated heterocycles. The van der Waals surface area contributed by atoms with E-state index in [0.717, 1.165) is 37.3 Å². The van der Waals surface area contributed by atoms with Crippen LogP contribution in [0.3, 0.4) is 0 Å². The fraction of sp³-hybridized carbons (Fsp3) is 0.533. The van der Waals surface area contributed by atoms with Gasteiger partial charge in [0.15, 0.2) is 0 Å². The van der Waals surface area contributed by atoms with Crippen molar-refractivity contribution in [1.82, 2.24) is 24.4 Å². The average molecular weight is 287 g/mol. The molecule has 1 amide bonds. The van der Waals surface area contributed by atoms with Gasteiger partial charge in [0, 0.05) is 37.7 Å². The van der Waals surface area contributed by atoms with Crippen LogP contribution in [0.2, 0.25) is 0 Å². The third-order valence-corrected chi connectivity index (χ3v) is 4.36. The van der Waals surface area contributed by atoms with Crippen molar-refractivity contribution in [1.29, 1.82) is 0 Å². The molecular weight excluding hydrogens is 266 g/mol. The first kappa shape index (κ1) is 13.9. The van der Waals surface area contributed by atoms with E-state index in [-0.39, 0.29) is 11.3 Å². The number of hydrogen-bond donors (Lipinski definition) is 1. The van der Waals surface area contributed by atoms with E-state index in [1.54, 1.807) is 12.5 Å². The third kappa shape index (κ3) is 2.84. The highest BCUT2D eigenvalue weighted by atomic mass is 16.2. The molecule has 112 valence electrons. The van der Waals surface area contributed by atoms with Gasteiger partial charge in [-0.25, -0.2) is 9.97 Å². The number of nitrogens with zero attached hydrogens (tertiary/aromatic N) is 4. The summed E-state index contributed by atoms with van der Waals surface area (Å²) in [5.74, 6) is 0.158. The first-order valence-electron chi connectivity index (χ1n) is 7.33. The van der Waals surface area contributed by atoms with E-state index in [1.165, 1.54) is 0 Å². The smallest absolute Gasteiger partial charge is 0.228 e. The number of imidazole rings is 2. The van der Waals surface area contributed by atoms with Gasteiger partial charge in [0.1, 0.15) is 0 Å². The van der Waals surface area contributed by atoms with Crippen molar-refractivity contribution in [3.05, 3.63) is 36.4 Å². The van der Waals surface area contributed by atoms with E-state index >= 15 is 0 Å². The van der Waals surface area contributed by atoms with Gasteiger partial charge in [0.05, 0.1) is 23.8 Å². The molecule has 1 saturated carbocycles. The lowest BCUT2D eigenvalue weighted by Gasteiger charge is -2.16. The van der Waals surface area contributed by atoms with Crippen molar-refractivity contribution in [3.8, 4) is 0 Å². The van der Waals surface area contributed by atoms with Gasteiger partial charge >= 0.3 is 0 Å². The first-order valence-corrected chi connectivity index (χ1v) is 7.33. The summed E-state index contributed by atoms with van der Waals surface area (Å²) < 4.78 is 4.06. The molecule has 0 aliphatic heterocycles. The van der Waals surface area contributed by atoms with Gasteiger partial charge in [-0.05, 0) is 26.7 Å². The van der Waals surface area contributed by atoms with Gasteiger partial charge < -0.3 is 14.5 Å². The quantitative estimate of drug-likeness (QED) is 0.871. The van der Waals surface area contributed by atoms with Crippen LogP contribution in [0.25, 0.3) is 0 Å². The Labute approximate surface area is 124 Å². The molecule has 1 aliphatic carbocycles. The van der Waals surface area contributed by atoms with Crippen LogP contribution in [-0.2, 0) is 17.9 Å². The zero-order valence-corrected chi connectivity index (χ0v) is 12.5. The second-order valence-corrected chi connectivity index (χ2v) is 5.88. The largest absolute Gasteiger partial charge is 0.354 e.